The lowest BCUT2D eigenvalue weighted by Crippen LogP contribution is -2.02. The van der Waals surface area contributed by atoms with Gasteiger partial charge in [-0.1, -0.05) is 206 Å². The molecule has 0 amide bonds. The standard InChI is InChI=1S/C53H35N5/c1-5-18-38(19-6-1)47-35-48(55-50(54-47)40-20-7-2-8-21-40)39-31-29-37(30-32-39)43-26-15-16-28-45(43)46-34-33-36-17-13-14-27-44(36)49(46)53-57-51(41-22-9-3-10-23-41)56-52(58-53)42-24-11-4-12-25-42/h1-35H. The van der Waals surface area contributed by atoms with Gasteiger partial charge in [-0.05, 0) is 39.1 Å². The van der Waals surface area contributed by atoms with Crippen molar-refractivity contribution < 1.29 is 0 Å². The predicted molar refractivity (Wildman–Crippen MR) is 236 cm³/mol. The second-order valence-electron chi connectivity index (χ2n) is 14.1. The van der Waals surface area contributed by atoms with Gasteiger partial charge in [0, 0.05) is 33.4 Å². The van der Waals surface area contributed by atoms with Gasteiger partial charge in [0.2, 0.25) is 0 Å². The van der Waals surface area contributed by atoms with Gasteiger partial charge in [-0.25, -0.2) is 24.9 Å². The lowest BCUT2D eigenvalue weighted by molar-refractivity contribution is 1.08. The Morgan fingerprint density at radius 1 is 0.241 bits per heavy atom. The minimum atomic E-state index is 0.622. The van der Waals surface area contributed by atoms with E-state index in [0.29, 0.717) is 23.3 Å². The minimum Gasteiger partial charge on any atom is -0.228 e. The van der Waals surface area contributed by atoms with Crippen LogP contribution in [0.3, 0.4) is 0 Å². The highest BCUT2D eigenvalue weighted by Crippen LogP contribution is 2.42. The van der Waals surface area contributed by atoms with Gasteiger partial charge in [-0.15, -0.1) is 0 Å². The van der Waals surface area contributed by atoms with Crippen LogP contribution >= 0.6 is 0 Å². The van der Waals surface area contributed by atoms with E-state index in [1.807, 2.05) is 97.1 Å². The van der Waals surface area contributed by atoms with Crippen molar-refractivity contribution >= 4 is 10.8 Å². The number of aromatic nitrogens is 5. The molecular weight excluding hydrogens is 707 g/mol. The zero-order chi connectivity index (χ0) is 38.7. The third-order valence-corrected chi connectivity index (χ3v) is 10.4. The van der Waals surface area contributed by atoms with Gasteiger partial charge < -0.3 is 0 Å². The molecule has 58 heavy (non-hydrogen) atoms. The molecule has 0 N–H and O–H groups in total. The second-order valence-corrected chi connectivity index (χ2v) is 14.1. The molecule has 2 heterocycles. The second kappa shape index (κ2) is 15.3. The summed E-state index contributed by atoms with van der Waals surface area (Å²) in [5.74, 6) is 2.57. The normalized spacial score (nSPS) is 11.1. The lowest BCUT2D eigenvalue weighted by atomic mass is 9.88. The monoisotopic (exact) mass is 741 g/mol. The van der Waals surface area contributed by atoms with Crippen molar-refractivity contribution in [2.45, 2.75) is 0 Å². The van der Waals surface area contributed by atoms with E-state index in [2.05, 4.69) is 115 Å². The SMILES string of the molecule is c1ccc(-c2cc(-c3ccc(-c4ccccc4-c4ccc5ccccc5c4-c4nc(-c5ccccc5)nc(-c5ccccc5)n4)cc3)nc(-c3ccccc3)n2)cc1. The topological polar surface area (TPSA) is 64.5 Å². The van der Waals surface area contributed by atoms with E-state index in [0.717, 1.165) is 77.8 Å². The quantitative estimate of drug-likeness (QED) is 0.155. The molecule has 0 aliphatic heterocycles. The number of benzene rings is 8. The molecule has 10 rings (SSSR count). The molecule has 0 spiro atoms. The van der Waals surface area contributed by atoms with Crippen molar-refractivity contribution in [2.24, 2.45) is 0 Å². The molecule has 2 aromatic heterocycles. The number of rotatable bonds is 8. The van der Waals surface area contributed by atoms with Crippen molar-refractivity contribution in [3.05, 3.63) is 212 Å². The van der Waals surface area contributed by atoms with Gasteiger partial charge in [0.1, 0.15) is 0 Å². The Morgan fingerprint density at radius 3 is 1.22 bits per heavy atom. The van der Waals surface area contributed by atoms with Crippen molar-refractivity contribution in [3.8, 4) is 90.3 Å². The molecule has 0 aliphatic rings. The Kier molecular flexibility index (Phi) is 9.14. The summed E-state index contributed by atoms with van der Waals surface area (Å²) in [7, 11) is 0. The fourth-order valence-electron chi connectivity index (χ4n) is 7.52. The summed E-state index contributed by atoms with van der Waals surface area (Å²) < 4.78 is 0. The van der Waals surface area contributed by atoms with Crippen molar-refractivity contribution in [1.82, 2.24) is 24.9 Å². The summed E-state index contributed by atoms with van der Waals surface area (Å²) >= 11 is 0. The first-order chi connectivity index (χ1) is 28.7. The Morgan fingerprint density at radius 2 is 0.655 bits per heavy atom. The zero-order valence-electron chi connectivity index (χ0n) is 31.4. The summed E-state index contributed by atoms with van der Waals surface area (Å²) in [6.45, 7) is 0. The molecule has 0 bridgehead atoms. The van der Waals surface area contributed by atoms with Crippen LogP contribution in [0.4, 0.5) is 0 Å². The summed E-state index contributed by atoms with van der Waals surface area (Å²) in [4.78, 5) is 25.5. The third kappa shape index (κ3) is 6.82. The smallest absolute Gasteiger partial charge is 0.165 e. The van der Waals surface area contributed by atoms with E-state index in [9.17, 15) is 0 Å². The van der Waals surface area contributed by atoms with Crippen molar-refractivity contribution in [1.29, 1.82) is 0 Å². The van der Waals surface area contributed by atoms with Crippen molar-refractivity contribution in [2.75, 3.05) is 0 Å². The van der Waals surface area contributed by atoms with Gasteiger partial charge in [0.25, 0.3) is 0 Å². The summed E-state index contributed by atoms with van der Waals surface area (Å²) in [6, 6.07) is 72.9. The number of nitrogens with zero attached hydrogens (tertiary/aromatic N) is 5. The fourth-order valence-corrected chi connectivity index (χ4v) is 7.52. The highest BCUT2D eigenvalue weighted by atomic mass is 15.0. The molecule has 8 aromatic carbocycles. The third-order valence-electron chi connectivity index (χ3n) is 10.4. The Bertz CT molecular complexity index is 2910. The molecule has 0 saturated heterocycles. The van der Waals surface area contributed by atoms with E-state index in [1.54, 1.807) is 0 Å². The van der Waals surface area contributed by atoms with E-state index in [1.165, 1.54) is 0 Å². The van der Waals surface area contributed by atoms with Crippen LogP contribution in [0.25, 0.3) is 101 Å². The average Bonchev–Trinajstić information content (AvgIpc) is 3.32. The van der Waals surface area contributed by atoms with Crippen LogP contribution in [0.2, 0.25) is 0 Å². The molecule has 0 atom stereocenters. The summed E-state index contributed by atoms with van der Waals surface area (Å²) in [5, 5.41) is 2.18. The first-order valence-electron chi connectivity index (χ1n) is 19.3. The van der Waals surface area contributed by atoms with Gasteiger partial charge in [0.05, 0.1) is 11.4 Å². The number of hydrogen-bond acceptors (Lipinski definition) is 5. The zero-order valence-corrected chi connectivity index (χ0v) is 31.4. The molecule has 5 nitrogen and oxygen atoms in total. The maximum atomic E-state index is 5.21. The molecule has 0 radical (unpaired) electrons. The maximum absolute atomic E-state index is 5.21. The summed E-state index contributed by atoms with van der Waals surface area (Å²) in [5.41, 5.74) is 11.9. The molecule has 10 aromatic rings. The lowest BCUT2D eigenvalue weighted by Gasteiger charge is -2.17. The number of fused-ring (bicyclic) bond motifs is 1. The average molecular weight is 742 g/mol. The fraction of sp³-hybridized carbons (Fsp3) is 0. The van der Waals surface area contributed by atoms with Gasteiger partial charge in [-0.2, -0.15) is 0 Å². The van der Waals surface area contributed by atoms with Crippen LogP contribution in [0, 0.1) is 0 Å². The first kappa shape index (κ1) is 34.6. The highest BCUT2D eigenvalue weighted by molar-refractivity contribution is 6.05. The maximum Gasteiger partial charge on any atom is 0.165 e. The van der Waals surface area contributed by atoms with E-state index in [4.69, 9.17) is 24.9 Å². The van der Waals surface area contributed by atoms with Crippen LogP contribution in [0.1, 0.15) is 0 Å². The molecule has 0 saturated carbocycles. The molecule has 5 heteroatoms. The van der Waals surface area contributed by atoms with Crippen LogP contribution in [-0.2, 0) is 0 Å². The highest BCUT2D eigenvalue weighted by Gasteiger charge is 2.20. The number of hydrogen-bond donors (Lipinski definition) is 0. The van der Waals surface area contributed by atoms with Crippen LogP contribution in [0.15, 0.2) is 212 Å². The van der Waals surface area contributed by atoms with E-state index in [-0.39, 0.29) is 0 Å². The largest absolute Gasteiger partial charge is 0.228 e. The molecule has 272 valence electrons. The molecule has 0 aliphatic carbocycles. The van der Waals surface area contributed by atoms with E-state index < -0.39 is 0 Å². The van der Waals surface area contributed by atoms with Crippen molar-refractivity contribution in [3.63, 3.8) is 0 Å². The minimum absolute atomic E-state index is 0.622. The predicted octanol–water partition coefficient (Wildman–Crippen LogP) is 13.2. The van der Waals surface area contributed by atoms with Gasteiger partial charge in [-0.3, -0.25) is 0 Å². The van der Waals surface area contributed by atoms with Crippen LogP contribution < -0.4 is 0 Å². The Balaban J connectivity index is 1.11. The van der Waals surface area contributed by atoms with Crippen LogP contribution in [0.5, 0.6) is 0 Å². The van der Waals surface area contributed by atoms with Gasteiger partial charge in [0.15, 0.2) is 23.3 Å². The Hall–Kier alpha value is -7.89. The first-order valence-corrected chi connectivity index (χ1v) is 19.3. The summed E-state index contributed by atoms with van der Waals surface area (Å²) in [6.07, 6.45) is 0. The molecular formula is C53H35N5. The molecule has 0 unspecified atom stereocenters. The van der Waals surface area contributed by atoms with Crippen LogP contribution in [-0.4, -0.2) is 24.9 Å². The molecule has 0 fully saturated rings. The Labute approximate surface area is 337 Å². The van der Waals surface area contributed by atoms with Gasteiger partial charge >= 0.3 is 0 Å². The van der Waals surface area contributed by atoms with E-state index >= 15 is 0 Å².